The van der Waals surface area contributed by atoms with E-state index in [0.717, 1.165) is 127 Å². The van der Waals surface area contributed by atoms with Crippen LogP contribution in [-0.4, -0.2) is 94.9 Å². The molecule has 6 atom stereocenters. The van der Waals surface area contributed by atoms with Gasteiger partial charge in [0.2, 0.25) is 0 Å². The molecule has 0 aromatic heterocycles. The van der Waals surface area contributed by atoms with Crippen molar-refractivity contribution in [3.8, 4) is 34.5 Å². The van der Waals surface area contributed by atoms with E-state index >= 15 is 0 Å². The maximum absolute atomic E-state index is 6.65. The van der Waals surface area contributed by atoms with Crippen LogP contribution in [0.2, 0.25) is 0 Å². The van der Waals surface area contributed by atoms with Crippen molar-refractivity contribution in [2.75, 3.05) is 21.3 Å². The molecule has 12 heteroatoms. The first-order valence-electron chi connectivity index (χ1n) is 27.9. The number of aliphatic imine (C=N–C) groups is 6. The molecule has 3 fully saturated rings. The second kappa shape index (κ2) is 27.0. The van der Waals surface area contributed by atoms with Crippen LogP contribution in [0.5, 0.6) is 34.5 Å². The average Bonchev–Trinajstić information content (AvgIpc) is 3.51. The third-order valence-electron chi connectivity index (χ3n) is 15.3. The van der Waals surface area contributed by atoms with E-state index < -0.39 is 0 Å². The van der Waals surface area contributed by atoms with Crippen LogP contribution < -0.4 is 28.4 Å². The molecule has 6 bridgehead atoms. The molecular weight excluding hydrogens is 973 g/mol. The van der Waals surface area contributed by atoms with Gasteiger partial charge in [-0.05, 0) is 91.6 Å². The summed E-state index contributed by atoms with van der Waals surface area (Å²) in [5.74, 6) is 4.13. The maximum Gasteiger partial charge on any atom is 0.129 e. The summed E-state index contributed by atoms with van der Waals surface area (Å²) >= 11 is 0. The first kappa shape index (κ1) is 53.5. The molecule has 6 aromatic carbocycles. The van der Waals surface area contributed by atoms with Crippen molar-refractivity contribution in [3.05, 3.63) is 177 Å². The van der Waals surface area contributed by atoms with Crippen molar-refractivity contribution in [2.24, 2.45) is 30.0 Å². The predicted molar refractivity (Wildman–Crippen MR) is 315 cm³/mol. The van der Waals surface area contributed by atoms with E-state index in [4.69, 9.17) is 58.4 Å². The Morgan fingerprint density at radius 2 is 0.500 bits per heavy atom. The van der Waals surface area contributed by atoms with Gasteiger partial charge in [-0.3, -0.25) is 30.0 Å². The van der Waals surface area contributed by atoms with Crippen LogP contribution in [0.15, 0.2) is 157 Å². The number of hydrogen-bond acceptors (Lipinski definition) is 12. The van der Waals surface area contributed by atoms with Crippen molar-refractivity contribution in [1.29, 1.82) is 0 Å². The highest BCUT2D eigenvalue weighted by Gasteiger charge is 2.27. The molecule has 12 nitrogen and oxygen atoms in total. The fourth-order valence-electron chi connectivity index (χ4n) is 10.9. The van der Waals surface area contributed by atoms with Crippen molar-refractivity contribution < 1.29 is 28.4 Å². The minimum Gasteiger partial charge on any atom is -0.496 e. The zero-order valence-electron chi connectivity index (χ0n) is 45.3. The molecule has 6 aliphatic heterocycles. The highest BCUT2D eigenvalue weighted by atomic mass is 16.5. The summed E-state index contributed by atoms with van der Waals surface area (Å²) in [6.07, 6.45) is 23.5. The minimum absolute atomic E-state index is 0.0435. The molecule has 6 heterocycles. The van der Waals surface area contributed by atoms with E-state index in [1.165, 1.54) is 0 Å². The summed E-state index contributed by atoms with van der Waals surface area (Å²) < 4.78 is 38.2. The minimum atomic E-state index is -0.0454. The van der Waals surface area contributed by atoms with Gasteiger partial charge < -0.3 is 28.4 Å². The molecule has 0 amide bonds. The molecule has 0 spiro atoms. The number of benzene rings is 6. The van der Waals surface area contributed by atoms with Crippen LogP contribution in [0.1, 0.15) is 127 Å². The normalized spacial score (nSPS) is 21.3. The number of rotatable bonds is 12. The molecule has 78 heavy (non-hydrogen) atoms. The van der Waals surface area contributed by atoms with Gasteiger partial charge in [-0.2, -0.15) is 0 Å². The van der Waals surface area contributed by atoms with Crippen molar-refractivity contribution in [2.45, 2.75) is 133 Å². The molecule has 0 saturated heterocycles. The highest BCUT2D eigenvalue weighted by molar-refractivity contribution is 5.93. The Bertz CT molecular complexity index is 2770. The van der Waals surface area contributed by atoms with Gasteiger partial charge in [0, 0.05) is 70.7 Å². The van der Waals surface area contributed by atoms with E-state index in [1.807, 2.05) is 128 Å². The summed E-state index contributed by atoms with van der Waals surface area (Å²) in [6.45, 7) is 1.17. The van der Waals surface area contributed by atoms with Crippen molar-refractivity contribution >= 4 is 37.3 Å². The maximum atomic E-state index is 6.65. The topological polar surface area (TPSA) is 130 Å². The summed E-state index contributed by atoms with van der Waals surface area (Å²) in [6, 6.07) is 42.5. The largest absolute Gasteiger partial charge is 0.496 e. The molecule has 9 aliphatic rings. The lowest BCUT2D eigenvalue weighted by molar-refractivity contribution is 0.305. The Hall–Kier alpha value is -7.86. The quantitative estimate of drug-likeness (QED) is 0.120. The van der Waals surface area contributed by atoms with Crippen molar-refractivity contribution in [1.82, 2.24) is 0 Å². The van der Waals surface area contributed by atoms with E-state index in [0.29, 0.717) is 54.3 Å². The molecule has 15 rings (SSSR count). The molecule has 402 valence electrons. The molecular formula is C66H72N6O6. The zero-order chi connectivity index (χ0) is 53.3. The van der Waals surface area contributed by atoms with E-state index in [1.54, 1.807) is 21.3 Å². The van der Waals surface area contributed by atoms with Crippen LogP contribution in [0, 0.1) is 0 Å². The van der Waals surface area contributed by atoms with E-state index in [9.17, 15) is 0 Å². The van der Waals surface area contributed by atoms with Crippen LogP contribution in [-0.2, 0) is 19.8 Å². The number of methoxy groups -OCH3 is 3. The fourth-order valence-corrected chi connectivity index (χ4v) is 10.9. The van der Waals surface area contributed by atoms with Gasteiger partial charge >= 0.3 is 0 Å². The Morgan fingerprint density at radius 3 is 0.718 bits per heavy atom. The second-order valence-electron chi connectivity index (χ2n) is 20.6. The van der Waals surface area contributed by atoms with Gasteiger partial charge in [-0.25, -0.2) is 0 Å². The SMILES string of the molecule is COc1cc2c(OCc3ccccc3)cc1C=N[C@@H]1CCCC[C@H]1N=Cc1cc(OC)c(cc1OCc1ccccc1)C=N[C@@H]1CCCC[C@H]1N=Cc1cc(OC)c(cc1OCc1ccccc1)C=N[C@H]1CCCC[C@H]1N=C2. The molecule has 0 radical (unpaired) electrons. The summed E-state index contributed by atoms with van der Waals surface area (Å²) in [7, 11) is 5.10. The fraction of sp³-hybridized carbons (Fsp3) is 0.364. The molecule has 0 N–H and O–H groups in total. The van der Waals surface area contributed by atoms with Crippen LogP contribution >= 0.6 is 0 Å². The Labute approximate surface area is 460 Å². The van der Waals surface area contributed by atoms with Crippen LogP contribution in [0.4, 0.5) is 0 Å². The highest BCUT2D eigenvalue weighted by Crippen LogP contribution is 2.35. The Kier molecular flexibility index (Phi) is 18.5. The van der Waals surface area contributed by atoms with Crippen LogP contribution in [0.3, 0.4) is 0 Å². The third-order valence-corrected chi connectivity index (χ3v) is 15.3. The first-order valence-corrected chi connectivity index (χ1v) is 27.9. The monoisotopic (exact) mass is 1040 g/mol. The molecule has 3 aliphatic carbocycles. The standard InChI is InChI=1S/C66H72N6O6/c1-73-61-31-52-40-70-59-29-17-14-26-56(59)68-38-50-35-66(78-45-48-23-11-6-12-24-48)54(33-63(50)75-3)42-72-60-30-18-15-27-57(60)69-39-51-36-65(77-44-47-21-9-5-10-22-47)53(32-62(51)74-2)41-71-58-28-16-13-25-55(58)67-37-49(61)34-64(52)76-43-46-19-7-4-8-20-46/h4-12,19-24,31-42,55-60H,13-18,25-30,43-45H2,1-3H3/t55-,56-,57+,58-,59-,60-/m1/s1. The van der Waals surface area contributed by atoms with Crippen molar-refractivity contribution in [3.63, 3.8) is 0 Å². The lowest BCUT2D eigenvalue weighted by Gasteiger charge is -2.26. The smallest absolute Gasteiger partial charge is 0.129 e. The van der Waals surface area contributed by atoms with Gasteiger partial charge in [-0.1, -0.05) is 130 Å². The summed E-state index contributed by atoms with van der Waals surface area (Å²) in [5.41, 5.74) is 8.13. The van der Waals surface area contributed by atoms with Gasteiger partial charge in [0.1, 0.15) is 54.3 Å². The molecule has 3 saturated carbocycles. The second-order valence-corrected chi connectivity index (χ2v) is 20.6. The van der Waals surface area contributed by atoms with E-state index in [2.05, 4.69) is 36.4 Å². The van der Waals surface area contributed by atoms with Crippen LogP contribution in [0.25, 0.3) is 0 Å². The average molecular weight is 1050 g/mol. The summed E-state index contributed by atoms with van der Waals surface area (Å²) in [4.78, 5) is 31.7. The molecule has 6 aromatic rings. The zero-order valence-corrected chi connectivity index (χ0v) is 45.3. The van der Waals surface area contributed by atoms with Gasteiger partial charge in [0.05, 0.1) is 57.6 Å². The van der Waals surface area contributed by atoms with E-state index in [-0.39, 0.29) is 36.3 Å². The number of nitrogens with zero attached hydrogens (tertiary/aromatic N) is 6. The number of hydrogen-bond donors (Lipinski definition) is 0. The van der Waals surface area contributed by atoms with Gasteiger partial charge in [0.25, 0.3) is 0 Å². The van der Waals surface area contributed by atoms with Gasteiger partial charge in [0.15, 0.2) is 0 Å². The van der Waals surface area contributed by atoms with Gasteiger partial charge in [-0.15, -0.1) is 0 Å². The summed E-state index contributed by atoms with van der Waals surface area (Å²) in [5, 5.41) is 0. The first-order chi connectivity index (χ1) is 38.5. The predicted octanol–water partition coefficient (Wildman–Crippen LogP) is 13.3. The third kappa shape index (κ3) is 14.0. The lowest BCUT2D eigenvalue weighted by atomic mass is 9.91. The number of ether oxygens (including phenoxy) is 6. The molecule has 0 unspecified atom stereocenters. The lowest BCUT2D eigenvalue weighted by Crippen LogP contribution is -2.27. The Morgan fingerprint density at radius 1 is 0.295 bits per heavy atom. The Balaban J connectivity index is 1.07.